The molecule has 0 radical (unpaired) electrons. The van der Waals surface area contributed by atoms with E-state index in [-0.39, 0.29) is 18.5 Å². The van der Waals surface area contributed by atoms with Crippen LogP contribution in [0.5, 0.6) is 0 Å². The molecule has 0 bridgehead atoms. The molecule has 1 heterocycles. The summed E-state index contributed by atoms with van der Waals surface area (Å²) in [4.78, 5) is 23.1. The molecule has 23 heavy (non-hydrogen) atoms. The zero-order valence-corrected chi connectivity index (χ0v) is 13.9. The molecule has 0 atom stereocenters. The first-order valence-corrected chi connectivity index (χ1v) is 8.08. The van der Waals surface area contributed by atoms with Crippen molar-refractivity contribution in [1.82, 2.24) is 20.4 Å². The topological polar surface area (TPSA) is 97.3 Å². The van der Waals surface area contributed by atoms with Gasteiger partial charge >= 0.3 is 6.03 Å². The highest BCUT2D eigenvalue weighted by Gasteiger charge is 2.06. The molecule has 0 spiro atoms. The number of unbranched alkanes of at least 4 members (excludes halogenated alkanes) is 1. The number of carbonyl (C=O) groups is 2. The van der Waals surface area contributed by atoms with Gasteiger partial charge in [0.25, 0.3) is 0 Å². The van der Waals surface area contributed by atoms with E-state index in [9.17, 15) is 9.59 Å². The Morgan fingerprint density at radius 2 is 2.00 bits per heavy atom. The predicted octanol–water partition coefficient (Wildman–Crippen LogP) is 1.35. The van der Waals surface area contributed by atoms with Crippen LogP contribution in [0.25, 0.3) is 0 Å². The Morgan fingerprint density at radius 1 is 1.22 bits per heavy atom. The Kier molecular flexibility index (Phi) is 9.46. The molecule has 1 rings (SSSR count). The van der Waals surface area contributed by atoms with Gasteiger partial charge in [-0.05, 0) is 19.8 Å². The second kappa shape index (κ2) is 11.5. The van der Waals surface area contributed by atoms with Gasteiger partial charge in [0.2, 0.25) is 5.91 Å². The molecular formula is C15H27N5O3. The molecule has 1 aromatic heterocycles. The van der Waals surface area contributed by atoms with Crippen molar-refractivity contribution in [1.29, 1.82) is 0 Å². The van der Waals surface area contributed by atoms with Crippen molar-refractivity contribution in [2.45, 2.75) is 39.7 Å². The minimum absolute atomic E-state index is 0.116. The molecule has 3 N–H and O–H groups in total. The first-order chi connectivity index (χ1) is 11.2. The summed E-state index contributed by atoms with van der Waals surface area (Å²) in [6, 6.07) is 1.33. The third kappa shape index (κ3) is 8.82. The average Bonchev–Trinajstić information content (AvgIpc) is 2.93. The van der Waals surface area contributed by atoms with Crippen LogP contribution in [0.2, 0.25) is 0 Å². The zero-order valence-electron chi connectivity index (χ0n) is 13.9. The molecule has 0 saturated heterocycles. The van der Waals surface area contributed by atoms with E-state index >= 15 is 0 Å². The molecule has 0 aliphatic rings. The van der Waals surface area contributed by atoms with Gasteiger partial charge in [-0.25, -0.2) is 4.79 Å². The largest absolute Gasteiger partial charge is 0.381 e. The summed E-state index contributed by atoms with van der Waals surface area (Å²) in [5.74, 6) is 0.292. The Hall–Kier alpha value is -2.09. The fraction of sp³-hybridized carbons (Fsp3) is 0.667. The van der Waals surface area contributed by atoms with Gasteiger partial charge in [-0.15, -0.1) is 0 Å². The first kappa shape index (κ1) is 19.0. The number of hydrogen-bond donors (Lipinski definition) is 3. The summed E-state index contributed by atoms with van der Waals surface area (Å²) in [7, 11) is 0. The maximum Gasteiger partial charge on any atom is 0.320 e. The molecule has 0 aliphatic carbocycles. The van der Waals surface area contributed by atoms with E-state index in [0.29, 0.717) is 25.5 Å². The number of amides is 3. The summed E-state index contributed by atoms with van der Waals surface area (Å²) in [5.41, 5.74) is 0. The van der Waals surface area contributed by atoms with Crippen LogP contribution < -0.4 is 16.0 Å². The lowest BCUT2D eigenvalue weighted by Gasteiger charge is -2.06. The molecule has 3 amide bonds. The molecule has 0 aromatic carbocycles. The van der Waals surface area contributed by atoms with E-state index in [0.717, 1.165) is 25.9 Å². The number of carbonyl (C=O) groups excluding carboxylic acids is 2. The quantitative estimate of drug-likeness (QED) is 0.535. The van der Waals surface area contributed by atoms with Crippen molar-refractivity contribution in [2.24, 2.45) is 0 Å². The van der Waals surface area contributed by atoms with Gasteiger partial charge in [-0.2, -0.15) is 5.10 Å². The molecular weight excluding hydrogens is 298 g/mol. The third-order valence-corrected chi connectivity index (χ3v) is 2.96. The molecule has 8 nitrogen and oxygen atoms in total. The second-order valence-electron chi connectivity index (χ2n) is 5.05. The summed E-state index contributed by atoms with van der Waals surface area (Å²) >= 11 is 0. The van der Waals surface area contributed by atoms with Crippen LogP contribution in [0.15, 0.2) is 12.3 Å². The van der Waals surface area contributed by atoms with Crippen LogP contribution in [-0.4, -0.2) is 48.0 Å². The standard InChI is InChI=1S/C15H27N5O3/c1-3-5-10-23-11-6-8-17-15(22)18-13-7-9-20(19-13)12-14(21)16-4-2/h7,9H,3-6,8,10-12H2,1-2H3,(H,16,21)(H2,17,18,19,22). The van der Waals surface area contributed by atoms with E-state index in [1.807, 2.05) is 6.92 Å². The molecule has 0 aliphatic heterocycles. The molecule has 1 aromatic rings. The SMILES string of the molecule is CCCCOCCCNC(=O)Nc1ccn(CC(=O)NCC)n1. The summed E-state index contributed by atoms with van der Waals surface area (Å²) in [6.45, 7) is 6.63. The Balaban J connectivity index is 2.17. The van der Waals surface area contributed by atoms with Crippen LogP contribution >= 0.6 is 0 Å². The van der Waals surface area contributed by atoms with Crippen molar-refractivity contribution < 1.29 is 14.3 Å². The molecule has 0 fully saturated rings. The number of ether oxygens (including phenoxy) is 1. The minimum atomic E-state index is -0.318. The minimum Gasteiger partial charge on any atom is -0.381 e. The number of anilines is 1. The van der Waals surface area contributed by atoms with Crippen LogP contribution in [0.4, 0.5) is 10.6 Å². The number of aromatic nitrogens is 2. The highest BCUT2D eigenvalue weighted by molar-refractivity contribution is 5.88. The van der Waals surface area contributed by atoms with Crippen LogP contribution in [0.3, 0.4) is 0 Å². The Bertz CT molecular complexity index is 475. The van der Waals surface area contributed by atoms with E-state index in [2.05, 4.69) is 28.0 Å². The van der Waals surface area contributed by atoms with Gasteiger partial charge in [-0.3, -0.25) is 14.8 Å². The van der Waals surface area contributed by atoms with E-state index < -0.39 is 0 Å². The van der Waals surface area contributed by atoms with Gasteiger partial charge in [-0.1, -0.05) is 13.3 Å². The summed E-state index contributed by atoms with van der Waals surface area (Å²) in [6.07, 6.45) is 4.59. The second-order valence-corrected chi connectivity index (χ2v) is 5.05. The number of likely N-dealkylation sites (N-methyl/N-ethyl adjacent to an activating group) is 1. The smallest absolute Gasteiger partial charge is 0.320 e. The van der Waals surface area contributed by atoms with E-state index in [1.165, 1.54) is 4.68 Å². The Morgan fingerprint density at radius 3 is 2.74 bits per heavy atom. The van der Waals surface area contributed by atoms with Crippen molar-refractivity contribution in [3.63, 3.8) is 0 Å². The number of rotatable bonds is 11. The zero-order chi connectivity index (χ0) is 16.9. The lowest BCUT2D eigenvalue weighted by atomic mass is 10.4. The van der Waals surface area contributed by atoms with Crippen molar-refractivity contribution >= 4 is 17.8 Å². The van der Waals surface area contributed by atoms with Crippen molar-refractivity contribution in [3.8, 4) is 0 Å². The predicted molar refractivity (Wildman–Crippen MR) is 88.3 cm³/mol. The van der Waals surface area contributed by atoms with Crippen molar-refractivity contribution in [3.05, 3.63) is 12.3 Å². The average molecular weight is 325 g/mol. The number of urea groups is 1. The number of hydrogen-bond acceptors (Lipinski definition) is 4. The number of nitrogens with zero attached hydrogens (tertiary/aromatic N) is 2. The van der Waals surface area contributed by atoms with E-state index in [1.54, 1.807) is 12.3 Å². The van der Waals surface area contributed by atoms with Gasteiger partial charge in [0.05, 0.1) is 0 Å². The maximum atomic E-state index is 11.7. The van der Waals surface area contributed by atoms with Crippen molar-refractivity contribution in [2.75, 3.05) is 31.6 Å². The lowest BCUT2D eigenvalue weighted by molar-refractivity contribution is -0.121. The highest BCUT2D eigenvalue weighted by atomic mass is 16.5. The van der Waals surface area contributed by atoms with Crippen LogP contribution in [0.1, 0.15) is 33.1 Å². The van der Waals surface area contributed by atoms with Gasteiger partial charge in [0.1, 0.15) is 6.54 Å². The van der Waals surface area contributed by atoms with Gasteiger partial charge in [0, 0.05) is 38.6 Å². The fourth-order valence-electron chi connectivity index (χ4n) is 1.80. The highest BCUT2D eigenvalue weighted by Crippen LogP contribution is 2.01. The molecule has 130 valence electrons. The van der Waals surface area contributed by atoms with Gasteiger partial charge < -0.3 is 15.4 Å². The molecule has 0 unspecified atom stereocenters. The summed E-state index contributed by atoms with van der Waals surface area (Å²) < 4.78 is 6.88. The van der Waals surface area contributed by atoms with E-state index in [4.69, 9.17) is 4.74 Å². The van der Waals surface area contributed by atoms with Crippen LogP contribution in [-0.2, 0) is 16.1 Å². The van der Waals surface area contributed by atoms with Crippen LogP contribution in [0, 0.1) is 0 Å². The lowest BCUT2D eigenvalue weighted by Crippen LogP contribution is -2.30. The van der Waals surface area contributed by atoms with Gasteiger partial charge in [0.15, 0.2) is 5.82 Å². The molecule has 8 heteroatoms. The monoisotopic (exact) mass is 325 g/mol. The fourth-order valence-corrected chi connectivity index (χ4v) is 1.80. The Labute approximate surface area is 137 Å². The maximum absolute atomic E-state index is 11.7. The third-order valence-electron chi connectivity index (χ3n) is 2.96. The molecule has 0 saturated carbocycles. The first-order valence-electron chi connectivity index (χ1n) is 8.08. The number of nitrogens with one attached hydrogen (secondary N) is 3. The normalized spacial score (nSPS) is 10.3. The summed E-state index contributed by atoms with van der Waals surface area (Å²) in [5, 5.41) is 12.2.